The molecule has 0 aliphatic rings. The van der Waals surface area contributed by atoms with Crippen molar-refractivity contribution in [2.45, 2.75) is 0 Å². The molecule has 0 aliphatic carbocycles. The molecule has 0 unspecified atom stereocenters. The maximum atomic E-state index is 10.8. The van der Waals surface area contributed by atoms with Gasteiger partial charge in [-0.2, -0.15) is 0 Å². The first kappa shape index (κ1) is 10.8. The predicted octanol–water partition coefficient (Wildman–Crippen LogP) is 1.89. The highest BCUT2D eigenvalue weighted by molar-refractivity contribution is 5.95. The SMILES string of the molecule is COc1cc([N+]#N)c(C(=O)O)cc1OC. The van der Waals surface area contributed by atoms with E-state index < -0.39 is 5.97 Å². The van der Waals surface area contributed by atoms with Crippen molar-refractivity contribution in [3.8, 4) is 11.5 Å². The van der Waals surface area contributed by atoms with Gasteiger partial charge in [0.05, 0.1) is 20.3 Å². The Bertz CT molecular complexity index is 436. The van der Waals surface area contributed by atoms with E-state index >= 15 is 0 Å². The second-order valence-electron chi connectivity index (χ2n) is 2.63. The minimum atomic E-state index is -1.20. The van der Waals surface area contributed by atoms with Crippen LogP contribution in [-0.2, 0) is 0 Å². The Labute approximate surface area is 85.7 Å². The van der Waals surface area contributed by atoms with Crippen molar-refractivity contribution >= 4 is 11.7 Å². The third-order valence-electron chi connectivity index (χ3n) is 1.84. The Morgan fingerprint density at radius 2 is 1.87 bits per heavy atom. The standard InChI is InChI=1S/C9H8N2O4/c1-14-7-3-5(9(12)13)6(11-10)4-8(7)15-2/h3-4H,1-2H3/p+1. The second kappa shape index (κ2) is 4.28. The summed E-state index contributed by atoms with van der Waals surface area (Å²) in [4.78, 5) is 13.6. The predicted molar refractivity (Wildman–Crippen MR) is 51.2 cm³/mol. The second-order valence-corrected chi connectivity index (χ2v) is 2.63. The normalized spacial score (nSPS) is 9.13. The Morgan fingerprint density at radius 1 is 1.33 bits per heavy atom. The van der Waals surface area contributed by atoms with Gasteiger partial charge in [-0.05, 0) is 0 Å². The number of ether oxygens (including phenoxy) is 2. The van der Waals surface area contributed by atoms with Crippen molar-refractivity contribution < 1.29 is 19.4 Å². The highest BCUT2D eigenvalue weighted by Crippen LogP contribution is 2.34. The summed E-state index contributed by atoms with van der Waals surface area (Å²) < 4.78 is 9.84. The molecule has 0 aromatic heterocycles. The van der Waals surface area contributed by atoms with Crippen molar-refractivity contribution in [2.24, 2.45) is 0 Å². The van der Waals surface area contributed by atoms with Gasteiger partial charge in [-0.3, -0.25) is 0 Å². The third-order valence-corrected chi connectivity index (χ3v) is 1.84. The number of benzene rings is 1. The monoisotopic (exact) mass is 209 g/mol. The molecule has 1 N–H and O–H groups in total. The summed E-state index contributed by atoms with van der Waals surface area (Å²) in [6.45, 7) is 0. The average molecular weight is 209 g/mol. The van der Waals surface area contributed by atoms with Crippen molar-refractivity contribution in [1.29, 1.82) is 5.39 Å². The first-order chi connectivity index (χ1) is 7.13. The van der Waals surface area contributed by atoms with Gasteiger partial charge in [0.2, 0.25) is 5.39 Å². The summed E-state index contributed by atoms with van der Waals surface area (Å²) in [5.41, 5.74) is -0.240. The van der Waals surface area contributed by atoms with Crippen LogP contribution in [0.5, 0.6) is 11.5 Å². The van der Waals surface area contributed by atoms with E-state index in [2.05, 4.69) is 4.98 Å². The molecule has 0 saturated carbocycles. The molecule has 15 heavy (non-hydrogen) atoms. The lowest BCUT2D eigenvalue weighted by molar-refractivity contribution is 0.0697. The number of carboxylic acid groups (broad SMARTS) is 1. The van der Waals surface area contributed by atoms with E-state index in [0.717, 1.165) is 0 Å². The molecular formula is C9H9N2O4+. The molecule has 0 radical (unpaired) electrons. The molecule has 1 aromatic rings. The van der Waals surface area contributed by atoms with E-state index in [1.807, 2.05) is 0 Å². The zero-order chi connectivity index (χ0) is 11.4. The van der Waals surface area contributed by atoms with Gasteiger partial charge in [0.1, 0.15) is 0 Å². The maximum Gasteiger partial charge on any atom is 0.403 e. The van der Waals surface area contributed by atoms with Crippen LogP contribution in [0.3, 0.4) is 0 Å². The molecule has 78 valence electrons. The molecule has 0 spiro atoms. The summed E-state index contributed by atoms with van der Waals surface area (Å²) in [5.74, 6) is -0.638. The quantitative estimate of drug-likeness (QED) is 0.768. The van der Waals surface area contributed by atoms with E-state index in [1.165, 1.54) is 26.4 Å². The number of carbonyl (C=O) groups is 1. The Morgan fingerprint density at radius 3 is 2.27 bits per heavy atom. The summed E-state index contributed by atoms with van der Waals surface area (Å²) in [6, 6.07) is 2.51. The number of nitrogens with zero attached hydrogens (tertiary/aromatic N) is 2. The topological polar surface area (TPSA) is 83.9 Å². The minimum absolute atomic E-state index is 0.0832. The van der Waals surface area contributed by atoms with E-state index in [0.29, 0.717) is 5.75 Å². The van der Waals surface area contributed by atoms with E-state index in [4.69, 9.17) is 20.0 Å². The molecule has 0 fully saturated rings. The van der Waals surface area contributed by atoms with E-state index in [-0.39, 0.29) is 17.0 Å². The Balaban J connectivity index is 3.42. The lowest BCUT2D eigenvalue weighted by atomic mass is 10.1. The molecule has 0 heterocycles. The van der Waals surface area contributed by atoms with E-state index in [9.17, 15) is 4.79 Å². The number of hydrogen-bond donors (Lipinski definition) is 1. The van der Waals surface area contributed by atoms with Crippen molar-refractivity contribution in [2.75, 3.05) is 14.2 Å². The number of hydrogen-bond acceptors (Lipinski definition) is 4. The molecule has 1 rings (SSSR count). The summed E-state index contributed by atoms with van der Waals surface area (Å²) in [6.07, 6.45) is 0. The fourth-order valence-corrected chi connectivity index (χ4v) is 1.12. The Kier molecular flexibility index (Phi) is 3.08. The van der Waals surface area contributed by atoms with Crippen LogP contribution in [0.15, 0.2) is 12.1 Å². The molecule has 1 aromatic carbocycles. The first-order valence-corrected chi connectivity index (χ1v) is 3.98. The Hall–Kier alpha value is -2.29. The molecule has 0 aliphatic heterocycles. The van der Waals surface area contributed by atoms with Crippen LogP contribution >= 0.6 is 0 Å². The zero-order valence-electron chi connectivity index (χ0n) is 8.22. The van der Waals surface area contributed by atoms with Crippen molar-refractivity contribution in [3.63, 3.8) is 0 Å². The summed E-state index contributed by atoms with van der Waals surface area (Å²) >= 11 is 0. The number of carboxylic acids is 1. The van der Waals surface area contributed by atoms with Gasteiger partial charge < -0.3 is 14.6 Å². The molecule has 0 bridgehead atoms. The molecule has 6 nitrogen and oxygen atoms in total. The lowest BCUT2D eigenvalue weighted by Crippen LogP contribution is -1.99. The van der Waals surface area contributed by atoms with E-state index in [1.54, 1.807) is 0 Å². The molecule has 0 amide bonds. The highest BCUT2D eigenvalue weighted by Gasteiger charge is 2.24. The highest BCUT2D eigenvalue weighted by atomic mass is 16.5. The van der Waals surface area contributed by atoms with Crippen LogP contribution in [0.25, 0.3) is 4.98 Å². The van der Waals surface area contributed by atoms with Gasteiger partial charge in [0, 0.05) is 6.07 Å². The van der Waals surface area contributed by atoms with Crippen LogP contribution in [-0.4, -0.2) is 25.3 Å². The molecular weight excluding hydrogens is 200 g/mol. The average Bonchev–Trinajstić information content (AvgIpc) is 2.26. The van der Waals surface area contributed by atoms with Gasteiger partial charge in [-0.25, -0.2) is 4.79 Å². The molecule has 0 atom stereocenters. The fraction of sp³-hybridized carbons (Fsp3) is 0.222. The lowest BCUT2D eigenvalue weighted by Gasteiger charge is -2.05. The minimum Gasteiger partial charge on any atom is -0.493 e. The van der Waals surface area contributed by atoms with Crippen molar-refractivity contribution in [3.05, 3.63) is 22.7 Å². The summed E-state index contributed by atoms with van der Waals surface area (Å²) in [5, 5.41) is 17.4. The molecule has 6 heteroatoms. The molecule has 0 saturated heterocycles. The number of methoxy groups -OCH3 is 2. The van der Waals surface area contributed by atoms with Gasteiger partial charge in [-0.15, -0.1) is 0 Å². The third kappa shape index (κ3) is 1.96. The number of aromatic carboxylic acids is 1. The number of rotatable bonds is 3. The van der Waals surface area contributed by atoms with Crippen LogP contribution in [0.2, 0.25) is 0 Å². The first-order valence-electron chi connectivity index (χ1n) is 3.98. The van der Waals surface area contributed by atoms with Gasteiger partial charge >= 0.3 is 11.7 Å². The van der Waals surface area contributed by atoms with Crippen LogP contribution in [0.1, 0.15) is 10.4 Å². The summed E-state index contributed by atoms with van der Waals surface area (Å²) in [7, 11) is 2.79. The fourth-order valence-electron chi connectivity index (χ4n) is 1.12. The van der Waals surface area contributed by atoms with Gasteiger partial charge in [0.25, 0.3) is 0 Å². The van der Waals surface area contributed by atoms with Crippen molar-refractivity contribution in [1.82, 2.24) is 0 Å². The maximum absolute atomic E-state index is 10.8. The van der Waals surface area contributed by atoms with Crippen LogP contribution in [0.4, 0.5) is 5.69 Å². The van der Waals surface area contributed by atoms with Crippen LogP contribution in [0, 0.1) is 5.39 Å². The van der Waals surface area contributed by atoms with Gasteiger partial charge in [-0.1, -0.05) is 0 Å². The smallest absolute Gasteiger partial charge is 0.403 e. The van der Waals surface area contributed by atoms with Gasteiger partial charge in [0.15, 0.2) is 22.0 Å². The largest absolute Gasteiger partial charge is 0.493 e. The zero-order valence-corrected chi connectivity index (χ0v) is 8.22. The number of diazo groups is 1. The van der Waals surface area contributed by atoms with Crippen LogP contribution < -0.4 is 9.47 Å².